The SMILES string of the molecule is CC(C)SCc1noc(CC2CS(=O)(=O)CCN2)n1. The lowest BCUT2D eigenvalue weighted by atomic mass is 10.2. The van der Waals surface area contributed by atoms with Crippen LogP contribution in [0.1, 0.15) is 25.6 Å². The van der Waals surface area contributed by atoms with E-state index in [0.29, 0.717) is 29.9 Å². The molecule has 0 radical (unpaired) electrons. The highest BCUT2D eigenvalue weighted by atomic mass is 32.2. The summed E-state index contributed by atoms with van der Waals surface area (Å²) in [5, 5.41) is 7.60. The quantitative estimate of drug-likeness (QED) is 0.854. The van der Waals surface area contributed by atoms with E-state index in [9.17, 15) is 8.42 Å². The van der Waals surface area contributed by atoms with Crippen molar-refractivity contribution in [2.24, 2.45) is 0 Å². The van der Waals surface area contributed by atoms with Crippen molar-refractivity contribution in [3.05, 3.63) is 11.7 Å². The molecule has 2 rings (SSSR count). The minimum absolute atomic E-state index is 0.121. The van der Waals surface area contributed by atoms with E-state index in [0.717, 1.165) is 5.75 Å². The van der Waals surface area contributed by atoms with Crippen LogP contribution in [0.3, 0.4) is 0 Å². The first-order valence-electron chi connectivity index (χ1n) is 6.31. The van der Waals surface area contributed by atoms with Crippen molar-refractivity contribution in [1.29, 1.82) is 0 Å². The molecule has 0 aliphatic carbocycles. The Bertz CT molecular complexity index is 513. The maximum Gasteiger partial charge on any atom is 0.228 e. The van der Waals surface area contributed by atoms with Crippen molar-refractivity contribution < 1.29 is 12.9 Å². The Balaban J connectivity index is 1.89. The molecular formula is C11H19N3O3S2. The molecule has 0 saturated carbocycles. The summed E-state index contributed by atoms with van der Waals surface area (Å²) in [7, 11) is -2.92. The largest absolute Gasteiger partial charge is 0.339 e. The van der Waals surface area contributed by atoms with E-state index in [4.69, 9.17) is 4.52 Å². The first-order valence-corrected chi connectivity index (χ1v) is 9.18. The monoisotopic (exact) mass is 305 g/mol. The summed E-state index contributed by atoms with van der Waals surface area (Å²) >= 11 is 1.75. The number of hydrogen-bond donors (Lipinski definition) is 1. The molecule has 1 fully saturated rings. The van der Waals surface area contributed by atoms with E-state index < -0.39 is 9.84 Å². The van der Waals surface area contributed by atoms with Crippen LogP contribution in [0.15, 0.2) is 4.52 Å². The summed E-state index contributed by atoms with van der Waals surface area (Å²) in [6, 6.07) is -0.121. The number of aromatic nitrogens is 2. The van der Waals surface area contributed by atoms with E-state index >= 15 is 0 Å². The molecule has 1 unspecified atom stereocenters. The van der Waals surface area contributed by atoms with Crippen LogP contribution in [-0.2, 0) is 22.0 Å². The number of nitrogens with one attached hydrogen (secondary N) is 1. The van der Waals surface area contributed by atoms with Crippen LogP contribution >= 0.6 is 11.8 Å². The molecule has 108 valence electrons. The fourth-order valence-electron chi connectivity index (χ4n) is 1.88. The molecule has 1 aliphatic heterocycles. The molecule has 1 aromatic rings. The highest BCUT2D eigenvalue weighted by Crippen LogP contribution is 2.15. The van der Waals surface area contributed by atoms with Gasteiger partial charge in [-0.3, -0.25) is 0 Å². The number of sulfone groups is 1. The van der Waals surface area contributed by atoms with Gasteiger partial charge in [0.05, 0.1) is 17.3 Å². The fraction of sp³-hybridized carbons (Fsp3) is 0.818. The average Bonchev–Trinajstić information content (AvgIpc) is 2.73. The lowest BCUT2D eigenvalue weighted by molar-refractivity contribution is 0.358. The van der Waals surface area contributed by atoms with E-state index in [-0.39, 0.29) is 17.5 Å². The van der Waals surface area contributed by atoms with Crippen molar-refractivity contribution >= 4 is 21.6 Å². The van der Waals surface area contributed by atoms with Crippen LogP contribution in [0.5, 0.6) is 0 Å². The van der Waals surface area contributed by atoms with Gasteiger partial charge in [0, 0.05) is 19.0 Å². The predicted octanol–water partition coefficient (Wildman–Crippen LogP) is 0.640. The Hall–Kier alpha value is -0.600. The van der Waals surface area contributed by atoms with Crippen molar-refractivity contribution in [2.75, 3.05) is 18.1 Å². The van der Waals surface area contributed by atoms with Crippen molar-refractivity contribution in [3.8, 4) is 0 Å². The molecule has 1 aromatic heterocycles. The molecule has 0 amide bonds. The van der Waals surface area contributed by atoms with Crippen LogP contribution in [0.25, 0.3) is 0 Å². The standard InChI is InChI=1S/C11H19N3O3S2/c1-8(2)18-6-10-13-11(17-14-10)5-9-7-19(15,16)4-3-12-9/h8-9,12H,3-7H2,1-2H3. The average molecular weight is 305 g/mol. The van der Waals surface area contributed by atoms with Gasteiger partial charge in [0.1, 0.15) is 0 Å². The summed E-state index contributed by atoms with van der Waals surface area (Å²) in [5.41, 5.74) is 0. The van der Waals surface area contributed by atoms with Gasteiger partial charge in [0.25, 0.3) is 0 Å². The molecule has 19 heavy (non-hydrogen) atoms. The normalized spacial score (nSPS) is 22.8. The van der Waals surface area contributed by atoms with Gasteiger partial charge >= 0.3 is 0 Å². The summed E-state index contributed by atoms with van der Waals surface area (Å²) in [6.07, 6.45) is 0.471. The van der Waals surface area contributed by atoms with Gasteiger partial charge in [-0.25, -0.2) is 8.42 Å². The Labute approximate surface area is 117 Å². The summed E-state index contributed by atoms with van der Waals surface area (Å²) in [6.45, 7) is 4.72. The number of rotatable bonds is 5. The molecule has 1 aliphatic rings. The molecule has 0 spiro atoms. The molecule has 0 aromatic carbocycles. The Morgan fingerprint density at radius 2 is 2.32 bits per heavy atom. The molecule has 2 heterocycles. The maximum atomic E-state index is 11.5. The summed E-state index contributed by atoms with van der Waals surface area (Å²) in [5.74, 6) is 2.26. The van der Waals surface area contributed by atoms with Gasteiger partial charge in [-0.2, -0.15) is 16.7 Å². The van der Waals surface area contributed by atoms with Crippen LogP contribution in [0.2, 0.25) is 0 Å². The van der Waals surface area contributed by atoms with Crippen LogP contribution in [0.4, 0.5) is 0 Å². The highest BCUT2D eigenvalue weighted by Gasteiger charge is 2.26. The first-order chi connectivity index (χ1) is 8.94. The van der Waals surface area contributed by atoms with Crippen LogP contribution in [-0.4, -0.2) is 47.9 Å². The molecule has 1 atom stereocenters. The minimum atomic E-state index is -2.92. The molecular weight excluding hydrogens is 286 g/mol. The van der Waals surface area contributed by atoms with Gasteiger partial charge in [-0.1, -0.05) is 19.0 Å². The van der Waals surface area contributed by atoms with E-state index in [2.05, 4.69) is 29.3 Å². The fourth-order valence-corrected chi connectivity index (χ4v) is 3.93. The third kappa shape index (κ3) is 4.77. The van der Waals surface area contributed by atoms with Gasteiger partial charge in [-0.15, -0.1) is 0 Å². The number of thioether (sulfide) groups is 1. The van der Waals surface area contributed by atoms with E-state index in [1.807, 2.05) is 0 Å². The number of hydrogen-bond acceptors (Lipinski definition) is 7. The van der Waals surface area contributed by atoms with Crippen LogP contribution < -0.4 is 5.32 Å². The first kappa shape index (κ1) is 14.8. The zero-order chi connectivity index (χ0) is 13.9. The second kappa shape index (κ2) is 6.23. The lowest BCUT2D eigenvalue weighted by Gasteiger charge is -2.21. The highest BCUT2D eigenvalue weighted by molar-refractivity contribution is 7.99. The number of nitrogens with zero attached hydrogens (tertiary/aromatic N) is 2. The van der Waals surface area contributed by atoms with Crippen molar-refractivity contribution in [1.82, 2.24) is 15.5 Å². The van der Waals surface area contributed by atoms with E-state index in [1.54, 1.807) is 11.8 Å². The third-order valence-electron chi connectivity index (χ3n) is 2.78. The maximum absolute atomic E-state index is 11.5. The van der Waals surface area contributed by atoms with Gasteiger partial charge in [0.2, 0.25) is 5.89 Å². The molecule has 0 bridgehead atoms. The zero-order valence-corrected chi connectivity index (χ0v) is 12.8. The van der Waals surface area contributed by atoms with Crippen LogP contribution in [0, 0.1) is 0 Å². The summed E-state index contributed by atoms with van der Waals surface area (Å²) in [4.78, 5) is 4.29. The topological polar surface area (TPSA) is 85.1 Å². The van der Waals surface area contributed by atoms with Gasteiger partial charge in [0.15, 0.2) is 15.7 Å². The Morgan fingerprint density at radius 3 is 3.00 bits per heavy atom. The molecule has 1 saturated heterocycles. The summed E-state index contributed by atoms with van der Waals surface area (Å²) < 4.78 is 28.2. The Kier molecular flexibility index (Phi) is 4.86. The molecule has 8 heteroatoms. The van der Waals surface area contributed by atoms with Gasteiger partial charge < -0.3 is 9.84 Å². The Morgan fingerprint density at radius 1 is 1.53 bits per heavy atom. The lowest BCUT2D eigenvalue weighted by Crippen LogP contribution is -2.46. The second-order valence-corrected chi connectivity index (χ2v) is 8.73. The predicted molar refractivity (Wildman–Crippen MR) is 74.9 cm³/mol. The molecule has 6 nitrogen and oxygen atoms in total. The second-order valence-electron chi connectivity index (χ2n) is 4.93. The zero-order valence-electron chi connectivity index (χ0n) is 11.1. The van der Waals surface area contributed by atoms with Gasteiger partial charge in [-0.05, 0) is 5.25 Å². The van der Waals surface area contributed by atoms with Crippen molar-refractivity contribution in [3.63, 3.8) is 0 Å². The smallest absolute Gasteiger partial charge is 0.228 e. The third-order valence-corrected chi connectivity index (χ3v) is 5.61. The molecule has 1 N–H and O–H groups in total. The van der Waals surface area contributed by atoms with Crippen molar-refractivity contribution in [2.45, 2.75) is 37.3 Å². The van der Waals surface area contributed by atoms with E-state index in [1.165, 1.54) is 0 Å². The minimum Gasteiger partial charge on any atom is -0.339 e.